The van der Waals surface area contributed by atoms with Gasteiger partial charge in [-0.15, -0.1) is 6.42 Å². The number of halogens is 1. The van der Waals surface area contributed by atoms with Gasteiger partial charge in [0.1, 0.15) is 0 Å². The van der Waals surface area contributed by atoms with Crippen molar-refractivity contribution in [2.75, 3.05) is 0 Å². The molecule has 0 unspecified atom stereocenters. The molecule has 2 aromatic carbocycles. The number of aromatic nitrogens is 4. The Morgan fingerprint density at radius 2 is 1.83 bits per heavy atom. The Labute approximate surface area is 208 Å². The van der Waals surface area contributed by atoms with E-state index in [-0.39, 0.29) is 5.56 Å². The van der Waals surface area contributed by atoms with E-state index in [1.165, 1.54) is 0 Å². The van der Waals surface area contributed by atoms with Gasteiger partial charge in [0.15, 0.2) is 0 Å². The summed E-state index contributed by atoms with van der Waals surface area (Å²) in [5.74, 6) is 2.66. The summed E-state index contributed by atoms with van der Waals surface area (Å²) in [6.45, 7) is 0. The van der Waals surface area contributed by atoms with Crippen LogP contribution in [0, 0.1) is 12.3 Å². The fourth-order valence-corrected chi connectivity index (χ4v) is 7.62. The molecule has 0 aliphatic heterocycles. The molecule has 0 aliphatic carbocycles. The van der Waals surface area contributed by atoms with E-state index in [9.17, 15) is 4.79 Å². The molecule has 2 N–H and O–H groups in total. The van der Waals surface area contributed by atoms with Crippen LogP contribution in [-0.2, 0) is 14.1 Å². The number of hydrogen-bond acceptors (Lipinski definition) is 4. The second kappa shape index (κ2) is 8.67. The first-order chi connectivity index (χ1) is 16.8. The van der Waals surface area contributed by atoms with Crippen molar-refractivity contribution in [1.29, 1.82) is 0 Å². The molecule has 35 heavy (non-hydrogen) atoms. The molecule has 0 radical (unpaired) electrons. The van der Waals surface area contributed by atoms with Crippen LogP contribution in [0.15, 0.2) is 84.0 Å². The fourth-order valence-electron chi connectivity index (χ4n) is 4.42. The van der Waals surface area contributed by atoms with Crippen LogP contribution in [0.2, 0.25) is 5.02 Å². The van der Waals surface area contributed by atoms with Gasteiger partial charge in [0.25, 0.3) is 13.8 Å². The number of terminal acetylenes is 1. The van der Waals surface area contributed by atoms with Crippen molar-refractivity contribution in [2.45, 2.75) is 0 Å². The minimum Gasteiger partial charge on any atom is -0.339 e. The van der Waals surface area contributed by atoms with Gasteiger partial charge in [-0.1, -0.05) is 41.8 Å². The third-order valence-electron chi connectivity index (χ3n) is 6.35. The molecule has 0 saturated heterocycles. The van der Waals surface area contributed by atoms with Crippen molar-refractivity contribution in [2.24, 2.45) is 19.5 Å². The van der Waals surface area contributed by atoms with E-state index in [1.807, 2.05) is 72.3 Å². The Kier molecular flexibility index (Phi) is 5.65. The largest absolute Gasteiger partial charge is 0.339 e. The Balaban J connectivity index is 1.84. The number of nitrogens with two attached hydrogens (primary N) is 1. The Morgan fingerprint density at radius 1 is 1.06 bits per heavy atom. The van der Waals surface area contributed by atoms with Crippen LogP contribution in [0.1, 0.15) is 5.56 Å². The highest BCUT2D eigenvalue weighted by atomic mass is 35.5. The molecule has 0 fully saturated rings. The molecule has 6 nitrogen and oxygen atoms in total. The number of aryl methyl sites for hydroxylation is 2. The summed E-state index contributed by atoms with van der Waals surface area (Å²) in [5, 5.41) is 10.5. The summed E-state index contributed by atoms with van der Waals surface area (Å²) in [5.41, 5.74) is 3.51. The highest BCUT2D eigenvalue weighted by Crippen LogP contribution is 2.26. The number of pyridine rings is 2. The van der Waals surface area contributed by atoms with Gasteiger partial charge in [-0.05, 0) is 47.1 Å². The third-order valence-corrected chi connectivity index (χ3v) is 10.2. The van der Waals surface area contributed by atoms with Crippen molar-refractivity contribution in [3.8, 4) is 23.5 Å². The molecule has 172 valence electrons. The van der Waals surface area contributed by atoms with Gasteiger partial charge in [-0.25, -0.2) is 4.98 Å². The smallest absolute Gasteiger partial charge is 0.258 e. The van der Waals surface area contributed by atoms with Crippen molar-refractivity contribution >= 4 is 46.7 Å². The lowest BCUT2D eigenvalue weighted by Gasteiger charge is -2.27. The van der Waals surface area contributed by atoms with Crippen molar-refractivity contribution in [1.82, 2.24) is 19.1 Å². The second-order valence-electron chi connectivity index (χ2n) is 8.45. The average Bonchev–Trinajstić information content (AvgIpc) is 3.32. The topological polar surface area (TPSA) is 78.7 Å². The zero-order valence-corrected chi connectivity index (χ0v) is 21.0. The molecule has 0 bridgehead atoms. The number of imidazole rings is 1. The molecule has 0 spiro atoms. The van der Waals surface area contributed by atoms with Crippen molar-refractivity contribution in [3.05, 3.63) is 100 Å². The lowest BCUT2D eigenvalue weighted by Crippen LogP contribution is -2.76. The van der Waals surface area contributed by atoms with Gasteiger partial charge in [-0.2, -0.15) is 0 Å². The van der Waals surface area contributed by atoms with E-state index in [2.05, 4.69) is 10.9 Å². The van der Waals surface area contributed by atoms with Crippen LogP contribution in [-0.4, -0.2) is 27.3 Å². The highest BCUT2D eigenvalue weighted by Gasteiger charge is 2.40. The van der Waals surface area contributed by atoms with E-state index in [0.29, 0.717) is 21.6 Å². The van der Waals surface area contributed by atoms with Gasteiger partial charge in [-0.3, -0.25) is 9.78 Å². The Hall–Kier alpha value is -3.96. The monoisotopic (exact) mass is 495 g/mol. The summed E-state index contributed by atoms with van der Waals surface area (Å²) in [7, 11) is 0.590. The van der Waals surface area contributed by atoms with E-state index in [1.54, 1.807) is 30.2 Å². The summed E-state index contributed by atoms with van der Waals surface area (Å²) in [4.78, 5) is 22.3. The molecule has 0 aliphatic rings. The van der Waals surface area contributed by atoms with E-state index in [0.717, 1.165) is 26.9 Å². The molecule has 3 heterocycles. The highest BCUT2D eigenvalue weighted by molar-refractivity contribution is 7.08. The normalized spacial score (nSPS) is 12.9. The van der Waals surface area contributed by atoms with Crippen LogP contribution in [0.5, 0.6) is 0 Å². The van der Waals surface area contributed by atoms with E-state index < -0.39 is 8.24 Å². The predicted molar refractivity (Wildman–Crippen MR) is 144 cm³/mol. The lowest BCUT2D eigenvalue weighted by atomic mass is 10.0. The third kappa shape index (κ3) is 3.78. The SMILES string of the molecule is C#Cc1cccc(-c2cc(=O)n(C)c3ccc([Si@](N)(c4ccc(Cl)cc4)c4cncn4C)nc23)c1. The standard InChI is InChI=1S/C27H22ClN5OSi/c1-4-18-6-5-7-19(14-18)22-15-25(34)33(3)23-12-13-24(31-27(22)23)35(29,26-16-30-17-32(26)2)21-10-8-20(28)9-11-21/h1,5-17H,29H2,2-3H3/t35-/m1/s1. The average molecular weight is 496 g/mol. The van der Waals surface area contributed by atoms with Crippen LogP contribution in [0.25, 0.3) is 22.2 Å². The number of hydrogen-bond donors (Lipinski definition) is 1. The zero-order valence-electron chi connectivity index (χ0n) is 19.2. The van der Waals surface area contributed by atoms with Gasteiger partial charge in [0.05, 0.1) is 22.7 Å². The molecule has 5 aromatic rings. The first kappa shape index (κ1) is 22.8. The van der Waals surface area contributed by atoms with Crippen LogP contribution in [0.4, 0.5) is 0 Å². The summed E-state index contributed by atoms with van der Waals surface area (Å²) in [6, 6.07) is 20.5. The summed E-state index contributed by atoms with van der Waals surface area (Å²) in [6.07, 6.45) is 9.16. The zero-order chi connectivity index (χ0) is 24.7. The number of benzene rings is 2. The van der Waals surface area contributed by atoms with Gasteiger partial charge in [0.2, 0.25) is 0 Å². The second-order valence-corrected chi connectivity index (χ2v) is 12.1. The maximum absolute atomic E-state index is 12.8. The number of fused-ring (bicyclic) bond motifs is 1. The first-order valence-corrected chi connectivity index (χ1v) is 13.4. The van der Waals surface area contributed by atoms with Crippen LogP contribution >= 0.6 is 11.6 Å². The lowest BCUT2D eigenvalue weighted by molar-refractivity contribution is 0.904. The van der Waals surface area contributed by atoms with Gasteiger partial charge < -0.3 is 14.5 Å². The Morgan fingerprint density at radius 3 is 2.51 bits per heavy atom. The summed E-state index contributed by atoms with van der Waals surface area (Å²) >= 11 is 6.18. The molecule has 8 heteroatoms. The van der Waals surface area contributed by atoms with E-state index in [4.69, 9.17) is 28.4 Å². The first-order valence-electron chi connectivity index (χ1n) is 10.9. The molecular formula is C27H22ClN5OSi. The number of nitrogens with zero attached hydrogens (tertiary/aromatic N) is 4. The van der Waals surface area contributed by atoms with Gasteiger partial charge in [0, 0.05) is 47.8 Å². The van der Waals surface area contributed by atoms with Crippen molar-refractivity contribution in [3.63, 3.8) is 0 Å². The molecular weight excluding hydrogens is 474 g/mol. The fraction of sp³-hybridized carbons (Fsp3) is 0.0741. The van der Waals surface area contributed by atoms with Crippen LogP contribution < -0.4 is 26.8 Å². The maximum atomic E-state index is 12.8. The van der Waals surface area contributed by atoms with Gasteiger partial charge >= 0.3 is 0 Å². The molecule has 5 rings (SSSR count). The molecule has 3 aromatic heterocycles. The maximum Gasteiger partial charge on any atom is 0.258 e. The molecule has 0 saturated carbocycles. The minimum absolute atomic E-state index is 0.131. The quantitative estimate of drug-likeness (QED) is 0.305. The van der Waals surface area contributed by atoms with E-state index >= 15 is 0 Å². The van der Waals surface area contributed by atoms with Crippen molar-refractivity contribution < 1.29 is 0 Å². The number of rotatable bonds is 4. The minimum atomic E-state index is -3.07. The molecule has 0 amide bonds. The Bertz CT molecular complexity index is 1680. The van der Waals surface area contributed by atoms with Crippen LogP contribution in [0.3, 0.4) is 0 Å². The molecule has 1 atom stereocenters. The predicted octanol–water partition coefficient (Wildman–Crippen LogP) is 1.89. The summed E-state index contributed by atoms with van der Waals surface area (Å²) < 4.78 is 3.53.